The Balaban J connectivity index is 0.000000428. The zero-order valence-electron chi connectivity index (χ0n) is 19.3. The second kappa shape index (κ2) is 18.3. The van der Waals surface area contributed by atoms with Crippen LogP contribution in [0.1, 0.15) is 91.9 Å². The quantitative estimate of drug-likeness (QED) is 0.458. The van der Waals surface area contributed by atoms with Gasteiger partial charge >= 0.3 is 0 Å². The third-order valence-electron chi connectivity index (χ3n) is 5.48. The summed E-state index contributed by atoms with van der Waals surface area (Å²) in [5.41, 5.74) is 1.28. The number of nitrogens with zero attached hydrogens (tertiary/aromatic N) is 2. The molecule has 0 saturated heterocycles. The van der Waals surface area contributed by atoms with Crippen LogP contribution in [0, 0.1) is 0 Å². The van der Waals surface area contributed by atoms with Gasteiger partial charge in [-0.1, -0.05) is 83.9 Å². The molecular weight excluding hydrogens is 328 g/mol. The average molecular weight is 377 g/mol. The van der Waals surface area contributed by atoms with Crippen LogP contribution in [-0.4, -0.2) is 38.1 Å². The molecule has 0 heterocycles. The van der Waals surface area contributed by atoms with Gasteiger partial charge in [0, 0.05) is 25.3 Å². The van der Waals surface area contributed by atoms with Crippen LogP contribution in [0.3, 0.4) is 0 Å². The van der Waals surface area contributed by atoms with Crippen LogP contribution in [0.5, 0.6) is 0 Å². The van der Waals surface area contributed by atoms with Gasteiger partial charge in [0.15, 0.2) is 0 Å². The van der Waals surface area contributed by atoms with Crippen LogP contribution < -0.4 is 4.90 Å². The molecule has 27 heavy (non-hydrogen) atoms. The molecule has 0 amide bonds. The van der Waals surface area contributed by atoms with E-state index in [0.717, 1.165) is 12.6 Å². The van der Waals surface area contributed by atoms with Crippen LogP contribution >= 0.6 is 0 Å². The smallest absolute Gasteiger partial charge is 0.0363 e. The summed E-state index contributed by atoms with van der Waals surface area (Å²) in [5.74, 6) is 0. The Morgan fingerprint density at radius 2 is 1.33 bits per heavy atom. The van der Waals surface area contributed by atoms with Crippen LogP contribution in [0.25, 0.3) is 0 Å². The molecule has 0 unspecified atom stereocenters. The van der Waals surface area contributed by atoms with E-state index in [9.17, 15) is 0 Å². The lowest BCUT2D eigenvalue weighted by molar-refractivity contribution is 0.218. The fourth-order valence-corrected chi connectivity index (χ4v) is 3.15. The fourth-order valence-electron chi connectivity index (χ4n) is 3.15. The summed E-state index contributed by atoms with van der Waals surface area (Å²) >= 11 is 0. The van der Waals surface area contributed by atoms with Crippen molar-refractivity contribution in [2.45, 2.75) is 97.9 Å². The van der Waals surface area contributed by atoms with Gasteiger partial charge in [-0.15, -0.1) is 0 Å². The van der Waals surface area contributed by atoms with Crippen LogP contribution in [0.2, 0.25) is 0 Å². The van der Waals surface area contributed by atoms with Gasteiger partial charge in [-0.3, -0.25) is 0 Å². The maximum absolute atomic E-state index is 2.59. The summed E-state index contributed by atoms with van der Waals surface area (Å²) in [6.07, 6.45) is 14.1. The average Bonchev–Trinajstić information content (AvgIpc) is 3.02. The normalized spacial score (nSPS) is 14.5. The number of para-hydroxylation sites is 1. The summed E-state index contributed by atoms with van der Waals surface area (Å²) in [6, 6.07) is 11.3. The van der Waals surface area contributed by atoms with E-state index in [4.69, 9.17) is 0 Å². The molecule has 1 aromatic rings. The molecule has 1 aliphatic rings. The Bertz CT molecular complexity index is 394. The maximum atomic E-state index is 2.59. The lowest BCUT2D eigenvalue weighted by Gasteiger charge is -2.26. The van der Waals surface area contributed by atoms with Gasteiger partial charge in [0.25, 0.3) is 0 Å². The van der Waals surface area contributed by atoms with E-state index in [1.165, 1.54) is 76.4 Å². The van der Waals surface area contributed by atoms with Gasteiger partial charge in [0.05, 0.1) is 0 Å². The number of unbranched alkanes of at least 4 members (excludes halogenated alkanes) is 2. The van der Waals surface area contributed by atoms with E-state index in [1.807, 2.05) is 6.07 Å². The van der Waals surface area contributed by atoms with Crippen molar-refractivity contribution in [3.8, 4) is 0 Å². The first-order chi connectivity index (χ1) is 13.1. The SMILES string of the molecule is CCCC.CCCCN(C)C1CCCCCC1.CCN(C)c1ccccc1. The summed E-state index contributed by atoms with van der Waals surface area (Å²) in [6.45, 7) is 11.2. The van der Waals surface area contributed by atoms with E-state index < -0.39 is 0 Å². The molecule has 1 fully saturated rings. The first-order valence-electron chi connectivity index (χ1n) is 11.6. The number of hydrogen-bond acceptors (Lipinski definition) is 2. The van der Waals surface area contributed by atoms with Crippen LogP contribution in [0.4, 0.5) is 5.69 Å². The zero-order valence-corrected chi connectivity index (χ0v) is 19.3. The molecule has 0 spiro atoms. The van der Waals surface area contributed by atoms with E-state index in [-0.39, 0.29) is 0 Å². The number of anilines is 1. The number of rotatable bonds is 7. The predicted octanol–water partition coefficient (Wildman–Crippen LogP) is 7.39. The van der Waals surface area contributed by atoms with Crippen LogP contribution in [0.15, 0.2) is 30.3 Å². The molecule has 0 aromatic heterocycles. The van der Waals surface area contributed by atoms with Crippen molar-refractivity contribution in [3.05, 3.63) is 30.3 Å². The van der Waals surface area contributed by atoms with Gasteiger partial charge in [0.2, 0.25) is 0 Å². The molecule has 2 rings (SSSR count). The molecule has 0 radical (unpaired) electrons. The first kappa shape index (κ1) is 26.0. The summed E-state index contributed by atoms with van der Waals surface area (Å²) in [7, 11) is 4.40. The minimum Gasteiger partial charge on any atom is -0.375 e. The van der Waals surface area contributed by atoms with Crippen molar-refractivity contribution >= 4 is 5.69 Å². The number of benzene rings is 1. The third-order valence-corrected chi connectivity index (χ3v) is 5.48. The molecule has 1 aromatic carbocycles. The highest BCUT2D eigenvalue weighted by atomic mass is 15.1. The van der Waals surface area contributed by atoms with Crippen molar-refractivity contribution in [1.29, 1.82) is 0 Å². The monoisotopic (exact) mass is 376 g/mol. The third kappa shape index (κ3) is 13.7. The summed E-state index contributed by atoms with van der Waals surface area (Å²) in [5, 5.41) is 0. The fraction of sp³-hybridized carbons (Fsp3) is 0.760. The molecule has 0 bridgehead atoms. The Labute approximate surface area is 171 Å². The molecule has 1 aliphatic carbocycles. The first-order valence-corrected chi connectivity index (χ1v) is 11.6. The minimum atomic E-state index is 0.897. The lowest BCUT2D eigenvalue weighted by Crippen LogP contribution is -2.31. The highest BCUT2D eigenvalue weighted by Crippen LogP contribution is 2.21. The summed E-state index contributed by atoms with van der Waals surface area (Å²) < 4.78 is 0. The highest BCUT2D eigenvalue weighted by molar-refractivity contribution is 5.44. The molecule has 0 N–H and O–H groups in total. The zero-order chi connectivity index (χ0) is 20.3. The van der Waals surface area contributed by atoms with Crippen molar-refractivity contribution in [3.63, 3.8) is 0 Å². The van der Waals surface area contributed by atoms with Crippen molar-refractivity contribution in [2.75, 3.05) is 32.1 Å². The second-order valence-corrected chi connectivity index (χ2v) is 7.83. The largest absolute Gasteiger partial charge is 0.375 e. The van der Waals surface area contributed by atoms with Gasteiger partial charge in [0.1, 0.15) is 0 Å². The molecule has 0 atom stereocenters. The molecule has 0 aliphatic heterocycles. The maximum Gasteiger partial charge on any atom is 0.0363 e. The van der Waals surface area contributed by atoms with Crippen LogP contribution in [-0.2, 0) is 0 Å². The Morgan fingerprint density at radius 3 is 1.78 bits per heavy atom. The summed E-state index contributed by atoms with van der Waals surface area (Å²) in [4.78, 5) is 4.80. The Kier molecular flexibility index (Phi) is 17.7. The van der Waals surface area contributed by atoms with E-state index in [0.29, 0.717) is 0 Å². The minimum absolute atomic E-state index is 0.897. The topological polar surface area (TPSA) is 6.48 Å². The molecule has 1 saturated carbocycles. The van der Waals surface area contributed by atoms with Crippen molar-refractivity contribution in [2.24, 2.45) is 0 Å². The van der Waals surface area contributed by atoms with Gasteiger partial charge in [-0.05, 0) is 51.9 Å². The Hall–Kier alpha value is -1.02. The van der Waals surface area contributed by atoms with Gasteiger partial charge in [-0.2, -0.15) is 0 Å². The van der Waals surface area contributed by atoms with Crippen molar-refractivity contribution in [1.82, 2.24) is 4.90 Å². The van der Waals surface area contributed by atoms with E-state index in [2.05, 4.69) is 75.9 Å². The Morgan fingerprint density at radius 1 is 0.778 bits per heavy atom. The molecular formula is C25H48N2. The molecule has 158 valence electrons. The molecule has 2 nitrogen and oxygen atoms in total. The van der Waals surface area contributed by atoms with E-state index >= 15 is 0 Å². The molecule has 2 heteroatoms. The lowest BCUT2D eigenvalue weighted by atomic mass is 10.1. The van der Waals surface area contributed by atoms with Crippen molar-refractivity contribution < 1.29 is 0 Å². The van der Waals surface area contributed by atoms with E-state index in [1.54, 1.807) is 0 Å². The number of hydrogen-bond donors (Lipinski definition) is 0. The second-order valence-electron chi connectivity index (χ2n) is 7.83. The predicted molar refractivity (Wildman–Crippen MR) is 125 cm³/mol. The highest BCUT2D eigenvalue weighted by Gasteiger charge is 2.15. The van der Waals surface area contributed by atoms with Gasteiger partial charge in [-0.25, -0.2) is 0 Å². The standard InChI is InChI=1S/C12H25N.C9H13N.C4H10/c1-3-4-11-13(2)12-9-7-5-6-8-10-12;1-3-10(2)9-7-5-4-6-8-9;1-3-4-2/h12H,3-11H2,1-2H3;4-8H,3H2,1-2H3;3-4H2,1-2H3. The van der Waals surface area contributed by atoms with Gasteiger partial charge < -0.3 is 9.80 Å².